The zero-order chi connectivity index (χ0) is 13.8. The van der Waals surface area contributed by atoms with Crippen LogP contribution in [0.3, 0.4) is 0 Å². The molecule has 0 unspecified atom stereocenters. The Morgan fingerprint density at radius 1 is 1.37 bits per heavy atom. The van der Waals surface area contributed by atoms with Crippen molar-refractivity contribution in [3.05, 3.63) is 47.0 Å². The van der Waals surface area contributed by atoms with Gasteiger partial charge in [-0.2, -0.15) is 5.26 Å². The van der Waals surface area contributed by atoms with Crippen LogP contribution >= 0.6 is 0 Å². The minimum Gasteiger partial charge on any atom is -0.424 e. The van der Waals surface area contributed by atoms with Gasteiger partial charge in [0.2, 0.25) is 11.6 Å². The lowest BCUT2D eigenvalue weighted by atomic mass is 9.96. The van der Waals surface area contributed by atoms with Crippen LogP contribution in [0, 0.1) is 25.2 Å². The summed E-state index contributed by atoms with van der Waals surface area (Å²) < 4.78 is 5.38. The summed E-state index contributed by atoms with van der Waals surface area (Å²) in [6.45, 7) is 6.68. The summed E-state index contributed by atoms with van der Waals surface area (Å²) in [6, 6.07) is 10.3. The van der Waals surface area contributed by atoms with E-state index in [4.69, 9.17) is 9.68 Å². The molecular weight excluding hydrogens is 238 g/mol. The normalized spacial score (nSPS) is 11.9. The third-order valence-electron chi connectivity index (χ3n) is 3.13. The van der Waals surface area contributed by atoms with Crippen LogP contribution in [-0.2, 0) is 0 Å². The Balaban J connectivity index is 2.07. The second-order valence-corrected chi connectivity index (χ2v) is 4.66. The number of aromatic nitrogens is 1. The molecule has 1 aromatic carbocycles. The third kappa shape index (κ3) is 2.94. The highest BCUT2D eigenvalue weighted by molar-refractivity contribution is 5.45. The van der Waals surface area contributed by atoms with Crippen LogP contribution < -0.4 is 5.32 Å². The van der Waals surface area contributed by atoms with Gasteiger partial charge in [-0.1, -0.05) is 31.2 Å². The predicted molar refractivity (Wildman–Crippen MR) is 74.0 cm³/mol. The molecule has 2 rings (SSSR count). The maximum absolute atomic E-state index is 8.95. The molecule has 0 aliphatic rings. The van der Waals surface area contributed by atoms with Crippen LogP contribution in [0.1, 0.15) is 35.6 Å². The van der Waals surface area contributed by atoms with Crippen LogP contribution in [0.4, 0.5) is 5.88 Å². The van der Waals surface area contributed by atoms with Crippen LogP contribution in [-0.4, -0.2) is 11.5 Å². The second kappa shape index (κ2) is 5.57. The van der Waals surface area contributed by atoms with Crippen molar-refractivity contribution in [3.8, 4) is 6.07 Å². The van der Waals surface area contributed by atoms with Crippen molar-refractivity contribution in [2.75, 3.05) is 11.9 Å². The van der Waals surface area contributed by atoms with Gasteiger partial charge in [-0.3, -0.25) is 0 Å². The molecular formula is C15H17N3O. The standard InChI is InChI=1S/C15H17N3O/c1-10-6-4-5-7-13(10)11(2)9-17-15-14(8-16)18-12(3)19-15/h4-7,11,17H,9H2,1-3H3/t11-/m0/s1. The molecule has 19 heavy (non-hydrogen) atoms. The van der Waals surface area contributed by atoms with Crippen molar-refractivity contribution in [2.45, 2.75) is 26.7 Å². The molecule has 0 radical (unpaired) electrons. The van der Waals surface area contributed by atoms with Crippen molar-refractivity contribution in [1.29, 1.82) is 5.26 Å². The van der Waals surface area contributed by atoms with Crippen molar-refractivity contribution < 1.29 is 4.42 Å². The van der Waals surface area contributed by atoms with Gasteiger partial charge in [0.1, 0.15) is 6.07 Å². The monoisotopic (exact) mass is 255 g/mol. The van der Waals surface area contributed by atoms with Gasteiger partial charge in [0, 0.05) is 13.5 Å². The van der Waals surface area contributed by atoms with Gasteiger partial charge < -0.3 is 9.73 Å². The molecule has 1 atom stereocenters. The van der Waals surface area contributed by atoms with Crippen LogP contribution in [0.2, 0.25) is 0 Å². The first kappa shape index (κ1) is 13.2. The summed E-state index contributed by atoms with van der Waals surface area (Å²) in [5, 5.41) is 12.1. The first-order valence-electron chi connectivity index (χ1n) is 6.28. The van der Waals surface area contributed by atoms with E-state index in [1.165, 1.54) is 11.1 Å². The zero-order valence-corrected chi connectivity index (χ0v) is 11.4. The Labute approximate surface area is 113 Å². The molecule has 1 aromatic heterocycles. The van der Waals surface area contributed by atoms with E-state index in [0.717, 1.165) is 0 Å². The van der Waals surface area contributed by atoms with Crippen LogP contribution in [0.25, 0.3) is 0 Å². The Hall–Kier alpha value is -2.28. The maximum Gasteiger partial charge on any atom is 0.232 e. The van der Waals surface area contributed by atoms with Crippen LogP contribution in [0.5, 0.6) is 0 Å². The molecule has 1 heterocycles. The number of nitrogens with zero attached hydrogens (tertiary/aromatic N) is 2. The number of anilines is 1. The highest BCUT2D eigenvalue weighted by Gasteiger charge is 2.13. The number of aryl methyl sites for hydroxylation is 2. The molecule has 0 fully saturated rings. The molecule has 0 bridgehead atoms. The topological polar surface area (TPSA) is 61.9 Å². The summed E-state index contributed by atoms with van der Waals surface area (Å²) in [7, 11) is 0. The molecule has 4 heteroatoms. The van der Waals surface area contributed by atoms with Gasteiger partial charge in [-0.05, 0) is 24.0 Å². The van der Waals surface area contributed by atoms with Gasteiger partial charge in [0.25, 0.3) is 0 Å². The Morgan fingerprint density at radius 3 is 2.79 bits per heavy atom. The number of nitrogens with one attached hydrogen (secondary N) is 1. The fourth-order valence-electron chi connectivity index (χ4n) is 2.12. The average molecular weight is 255 g/mol. The Bertz CT molecular complexity index is 610. The average Bonchev–Trinajstić information content (AvgIpc) is 2.77. The summed E-state index contributed by atoms with van der Waals surface area (Å²) in [6.07, 6.45) is 0. The van der Waals surface area contributed by atoms with E-state index in [-0.39, 0.29) is 0 Å². The number of hydrogen-bond acceptors (Lipinski definition) is 4. The molecule has 1 N–H and O–H groups in total. The smallest absolute Gasteiger partial charge is 0.232 e. The number of hydrogen-bond donors (Lipinski definition) is 1. The Morgan fingerprint density at radius 2 is 2.11 bits per heavy atom. The zero-order valence-electron chi connectivity index (χ0n) is 11.4. The molecule has 0 aliphatic carbocycles. The minimum atomic E-state index is 0.314. The lowest BCUT2D eigenvalue weighted by molar-refractivity contribution is 0.530. The minimum absolute atomic E-state index is 0.314. The number of oxazole rings is 1. The van der Waals surface area contributed by atoms with Crippen molar-refractivity contribution >= 4 is 5.88 Å². The largest absolute Gasteiger partial charge is 0.424 e. The highest BCUT2D eigenvalue weighted by Crippen LogP contribution is 2.21. The van der Waals surface area contributed by atoms with Crippen molar-refractivity contribution in [3.63, 3.8) is 0 Å². The number of benzene rings is 1. The molecule has 0 saturated heterocycles. The third-order valence-corrected chi connectivity index (χ3v) is 3.13. The van der Waals surface area contributed by atoms with E-state index in [1.54, 1.807) is 6.92 Å². The molecule has 4 nitrogen and oxygen atoms in total. The predicted octanol–water partition coefficient (Wildman–Crippen LogP) is 3.38. The number of rotatable bonds is 4. The van der Waals surface area contributed by atoms with E-state index < -0.39 is 0 Å². The molecule has 0 saturated carbocycles. The second-order valence-electron chi connectivity index (χ2n) is 4.66. The summed E-state index contributed by atoms with van der Waals surface area (Å²) in [4.78, 5) is 4.01. The van der Waals surface area contributed by atoms with Gasteiger partial charge in [-0.15, -0.1) is 0 Å². The van der Waals surface area contributed by atoms with Crippen LogP contribution in [0.15, 0.2) is 28.7 Å². The van der Waals surface area contributed by atoms with Gasteiger partial charge in [0.05, 0.1) is 0 Å². The molecule has 0 aliphatic heterocycles. The van der Waals surface area contributed by atoms with Gasteiger partial charge in [-0.25, -0.2) is 4.98 Å². The summed E-state index contributed by atoms with van der Waals surface area (Å²) >= 11 is 0. The fourth-order valence-corrected chi connectivity index (χ4v) is 2.12. The number of nitriles is 1. The lowest BCUT2D eigenvalue weighted by Gasteiger charge is -2.14. The Kier molecular flexibility index (Phi) is 3.86. The van der Waals surface area contributed by atoms with Gasteiger partial charge in [0.15, 0.2) is 5.89 Å². The maximum atomic E-state index is 8.95. The molecule has 98 valence electrons. The van der Waals surface area contributed by atoms with E-state index >= 15 is 0 Å². The van der Waals surface area contributed by atoms with E-state index in [9.17, 15) is 0 Å². The van der Waals surface area contributed by atoms with Crippen molar-refractivity contribution in [2.24, 2.45) is 0 Å². The first-order valence-corrected chi connectivity index (χ1v) is 6.28. The van der Waals surface area contributed by atoms with E-state index in [1.807, 2.05) is 18.2 Å². The summed E-state index contributed by atoms with van der Waals surface area (Å²) in [5.41, 5.74) is 2.88. The molecule has 0 spiro atoms. The first-order chi connectivity index (χ1) is 9.11. The molecule has 2 aromatic rings. The van der Waals surface area contributed by atoms with E-state index in [2.05, 4.69) is 36.3 Å². The van der Waals surface area contributed by atoms with E-state index in [0.29, 0.717) is 29.9 Å². The van der Waals surface area contributed by atoms with Crippen molar-refractivity contribution in [1.82, 2.24) is 4.98 Å². The lowest BCUT2D eigenvalue weighted by Crippen LogP contribution is -2.11. The highest BCUT2D eigenvalue weighted by atomic mass is 16.4. The SMILES string of the molecule is Cc1nc(C#N)c(NC[C@H](C)c2ccccc2C)o1. The quantitative estimate of drug-likeness (QED) is 0.909. The fraction of sp³-hybridized carbons (Fsp3) is 0.333. The van der Waals surface area contributed by atoms with Gasteiger partial charge >= 0.3 is 0 Å². The summed E-state index contributed by atoms with van der Waals surface area (Å²) in [5.74, 6) is 1.29. The molecule has 0 amide bonds.